The van der Waals surface area contributed by atoms with Gasteiger partial charge in [0.25, 0.3) is 0 Å². The number of para-hydroxylation sites is 1. The van der Waals surface area contributed by atoms with E-state index in [0.717, 1.165) is 55.6 Å². The molecule has 0 atom stereocenters. The van der Waals surface area contributed by atoms with Crippen molar-refractivity contribution in [2.75, 3.05) is 4.90 Å². The van der Waals surface area contributed by atoms with Crippen LogP contribution in [0.25, 0.3) is 86.3 Å². The summed E-state index contributed by atoms with van der Waals surface area (Å²) in [7, 11) is 0. The van der Waals surface area contributed by atoms with Gasteiger partial charge >= 0.3 is 0 Å². The topological polar surface area (TPSA) is 16.4 Å². The van der Waals surface area contributed by atoms with Gasteiger partial charge in [0.2, 0.25) is 0 Å². The number of anilines is 3. The monoisotopic (exact) mass is 719 g/mol. The highest BCUT2D eigenvalue weighted by Gasteiger charge is 2.20. The van der Waals surface area contributed by atoms with E-state index in [1.807, 2.05) is 17.4 Å². The highest BCUT2D eigenvalue weighted by molar-refractivity contribution is 7.27. The lowest BCUT2D eigenvalue weighted by atomic mass is 10.00. The third-order valence-corrected chi connectivity index (χ3v) is 12.2. The van der Waals surface area contributed by atoms with Crippen LogP contribution in [0, 0.1) is 0 Å². The molecule has 0 saturated carbocycles. The summed E-state index contributed by atoms with van der Waals surface area (Å²) in [5.74, 6) is 0. The summed E-state index contributed by atoms with van der Waals surface area (Å²) in [6.45, 7) is 0. The molecule has 11 rings (SSSR count). The summed E-state index contributed by atoms with van der Waals surface area (Å²) >= 11 is 1.89. The van der Waals surface area contributed by atoms with E-state index in [1.54, 1.807) is 0 Å². The van der Waals surface area contributed by atoms with Crippen LogP contribution in [0.5, 0.6) is 0 Å². The number of benzene rings is 9. The number of furan rings is 1. The zero-order valence-electron chi connectivity index (χ0n) is 29.8. The molecule has 0 saturated heterocycles. The highest BCUT2D eigenvalue weighted by atomic mass is 32.1. The van der Waals surface area contributed by atoms with Gasteiger partial charge in [-0.2, -0.15) is 0 Å². The van der Waals surface area contributed by atoms with Crippen LogP contribution in [0.3, 0.4) is 0 Å². The van der Waals surface area contributed by atoms with Crippen LogP contribution in [0.1, 0.15) is 0 Å². The summed E-state index contributed by atoms with van der Waals surface area (Å²) in [5.41, 5.74) is 12.2. The molecule has 0 spiro atoms. The lowest BCUT2D eigenvalue weighted by molar-refractivity contribution is 0.670. The zero-order valence-corrected chi connectivity index (χ0v) is 30.6. The van der Waals surface area contributed by atoms with Gasteiger partial charge in [-0.3, -0.25) is 0 Å². The van der Waals surface area contributed by atoms with E-state index in [0.29, 0.717) is 0 Å². The van der Waals surface area contributed by atoms with Crippen LogP contribution < -0.4 is 4.90 Å². The predicted octanol–water partition coefficient (Wildman–Crippen LogP) is 15.6. The van der Waals surface area contributed by atoms with E-state index >= 15 is 0 Å². The molecule has 0 aliphatic carbocycles. The highest BCUT2D eigenvalue weighted by Crippen LogP contribution is 2.47. The van der Waals surface area contributed by atoms with Crippen molar-refractivity contribution in [2.45, 2.75) is 0 Å². The van der Waals surface area contributed by atoms with Gasteiger partial charge in [-0.1, -0.05) is 158 Å². The maximum atomic E-state index is 6.49. The quantitative estimate of drug-likeness (QED) is 0.170. The van der Waals surface area contributed by atoms with Crippen molar-refractivity contribution in [1.82, 2.24) is 0 Å². The van der Waals surface area contributed by atoms with Crippen molar-refractivity contribution < 1.29 is 4.42 Å². The van der Waals surface area contributed by atoms with Crippen molar-refractivity contribution in [3.63, 3.8) is 0 Å². The molecule has 0 fully saturated rings. The average Bonchev–Trinajstić information content (AvgIpc) is 3.84. The largest absolute Gasteiger partial charge is 0.455 e. The van der Waals surface area contributed by atoms with Gasteiger partial charge in [-0.25, -0.2) is 0 Å². The minimum absolute atomic E-state index is 0.896. The van der Waals surface area contributed by atoms with Gasteiger partial charge < -0.3 is 9.32 Å². The van der Waals surface area contributed by atoms with E-state index in [2.05, 4.69) is 199 Å². The Kier molecular flexibility index (Phi) is 7.39. The molecule has 258 valence electrons. The van der Waals surface area contributed by atoms with Crippen LogP contribution in [-0.4, -0.2) is 0 Å². The molecule has 2 heterocycles. The molecule has 11 aromatic rings. The molecule has 3 heteroatoms. The summed E-state index contributed by atoms with van der Waals surface area (Å²) in [5, 5.41) is 7.40. The van der Waals surface area contributed by atoms with E-state index in [4.69, 9.17) is 4.42 Å². The first-order valence-electron chi connectivity index (χ1n) is 18.7. The lowest BCUT2D eigenvalue weighted by Crippen LogP contribution is -2.10. The van der Waals surface area contributed by atoms with Crippen molar-refractivity contribution in [3.8, 4) is 33.4 Å². The first kappa shape index (κ1) is 31.6. The summed E-state index contributed by atoms with van der Waals surface area (Å²) in [6.07, 6.45) is 0. The minimum atomic E-state index is 0.896. The van der Waals surface area contributed by atoms with E-state index in [-0.39, 0.29) is 0 Å². The maximum Gasteiger partial charge on any atom is 0.143 e. The Bertz CT molecular complexity index is 3180. The Labute approximate surface area is 322 Å². The van der Waals surface area contributed by atoms with Gasteiger partial charge in [-0.05, 0) is 81.1 Å². The summed E-state index contributed by atoms with van der Waals surface area (Å²) in [4.78, 5) is 2.41. The summed E-state index contributed by atoms with van der Waals surface area (Å²) in [6, 6.07) is 72.0. The second kappa shape index (κ2) is 12.9. The van der Waals surface area contributed by atoms with Gasteiger partial charge in [0.15, 0.2) is 0 Å². The third-order valence-electron chi connectivity index (χ3n) is 10.9. The number of hydrogen-bond acceptors (Lipinski definition) is 3. The van der Waals surface area contributed by atoms with Crippen molar-refractivity contribution in [1.29, 1.82) is 0 Å². The predicted molar refractivity (Wildman–Crippen MR) is 235 cm³/mol. The fraction of sp³-hybridized carbons (Fsp3) is 0. The van der Waals surface area contributed by atoms with Crippen LogP contribution >= 0.6 is 11.3 Å². The fourth-order valence-electron chi connectivity index (χ4n) is 8.17. The van der Waals surface area contributed by atoms with Gasteiger partial charge in [-0.15, -0.1) is 11.3 Å². The SMILES string of the molecule is c1ccc(-c2ccc(N(c3ccc(-c4ccc5oc6c(-c7ccccc7)cccc6c5c4)cc3)c3cccc4c3sc3c5ccccc5ccc43)cc2)cc1. The molecular weight excluding hydrogens is 687 g/mol. The second-order valence-corrected chi connectivity index (χ2v) is 15.1. The second-order valence-electron chi connectivity index (χ2n) is 14.1. The van der Waals surface area contributed by atoms with Gasteiger partial charge in [0.1, 0.15) is 11.2 Å². The van der Waals surface area contributed by atoms with Crippen molar-refractivity contribution in [2.24, 2.45) is 0 Å². The maximum absolute atomic E-state index is 6.49. The standard InChI is InChI=1S/C52H33NOS/c1-3-11-34(12-4-1)35-21-27-40(28-22-35)53(48-20-10-19-45-46-31-25-38-15-7-8-16-43(38)51(46)55-52(45)48)41-29-23-36(24-30-41)39-26-32-49-47(33-39)44-18-9-17-42(50(44)54-49)37-13-5-2-6-14-37/h1-33H. The van der Waals surface area contributed by atoms with Crippen LogP contribution in [0.4, 0.5) is 17.1 Å². The number of nitrogens with zero attached hydrogens (tertiary/aromatic N) is 1. The van der Waals surface area contributed by atoms with Crippen LogP contribution in [0.15, 0.2) is 205 Å². The molecule has 0 aliphatic heterocycles. The molecule has 0 N–H and O–H groups in total. The fourth-order valence-corrected chi connectivity index (χ4v) is 9.51. The molecule has 0 bridgehead atoms. The number of hydrogen-bond donors (Lipinski definition) is 0. The Hall–Kier alpha value is -6.94. The average molecular weight is 720 g/mol. The Morgan fingerprint density at radius 1 is 0.364 bits per heavy atom. The Balaban J connectivity index is 1.03. The molecule has 2 aromatic heterocycles. The molecule has 0 unspecified atom stereocenters. The normalized spacial score (nSPS) is 11.6. The number of fused-ring (bicyclic) bond motifs is 8. The first-order chi connectivity index (χ1) is 27.3. The number of rotatable bonds is 6. The lowest BCUT2D eigenvalue weighted by Gasteiger charge is -2.26. The van der Waals surface area contributed by atoms with Crippen molar-refractivity contribution in [3.05, 3.63) is 200 Å². The van der Waals surface area contributed by atoms with Gasteiger partial charge in [0.05, 0.1) is 10.4 Å². The smallest absolute Gasteiger partial charge is 0.143 e. The van der Waals surface area contributed by atoms with E-state index < -0.39 is 0 Å². The Morgan fingerprint density at radius 3 is 1.71 bits per heavy atom. The molecule has 0 radical (unpaired) electrons. The summed E-state index contributed by atoms with van der Waals surface area (Å²) < 4.78 is 9.09. The first-order valence-corrected chi connectivity index (χ1v) is 19.5. The van der Waals surface area contributed by atoms with Crippen LogP contribution in [0.2, 0.25) is 0 Å². The third kappa shape index (κ3) is 5.32. The molecular formula is C52H33NOS. The van der Waals surface area contributed by atoms with Crippen molar-refractivity contribution >= 4 is 81.3 Å². The van der Waals surface area contributed by atoms with E-state index in [1.165, 1.54) is 47.8 Å². The molecule has 0 aliphatic rings. The number of thiophene rings is 1. The van der Waals surface area contributed by atoms with Crippen LogP contribution in [-0.2, 0) is 0 Å². The van der Waals surface area contributed by atoms with E-state index in [9.17, 15) is 0 Å². The zero-order chi connectivity index (χ0) is 36.3. The molecule has 0 amide bonds. The minimum Gasteiger partial charge on any atom is -0.455 e. The molecule has 2 nitrogen and oxygen atoms in total. The Morgan fingerprint density at radius 2 is 0.945 bits per heavy atom. The molecule has 9 aromatic carbocycles. The van der Waals surface area contributed by atoms with Gasteiger partial charge in [0, 0.05) is 43.2 Å². The molecule has 55 heavy (non-hydrogen) atoms.